The second-order valence-corrected chi connectivity index (χ2v) is 5.49. The summed E-state index contributed by atoms with van der Waals surface area (Å²) in [6.07, 6.45) is 3.75. The number of furan rings is 1. The first kappa shape index (κ1) is 14.7. The quantitative estimate of drug-likeness (QED) is 0.863. The summed E-state index contributed by atoms with van der Waals surface area (Å²) in [5, 5.41) is 16.0. The van der Waals surface area contributed by atoms with Crippen LogP contribution in [0.2, 0.25) is 0 Å². The van der Waals surface area contributed by atoms with Crippen LogP contribution in [0, 0.1) is 0 Å². The number of amides is 1. The number of tetrazole rings is 1. The number of aromatic nitrogens is 4. The van der Waals surface area contributed by atoms with Crippen molar-refractivity contribution in [1.29, 1.82) is 0 Å². The van der Waals surface area contributed by atoms with E-state index in [0.29, 0.717) is 11.6 Å². The molecule has 1 aliphatic rings. The lowest BCUT2D eigenvalue weighted by Crippen LogP contribution is -2.32. The molecule has 0 bridgehead atoms. The number of rotatable bonds is 5. The Balaban J connectivity index is 1.58. The van der Waals surface area contributed by atoms with Gasteiger partial charge in [-0.05, 0) is 45.0 Å². The summed E-state index contributed by atoms with van der Waals surface area (Å²) in [7, 11) is 0. The van der Waals surface area contributed by atoms with Gasteiger partial charge in [-0.25, -0.2) is 0 Å². The maximum absolute atomic E-state index is 12.0. The van der Waals surface area contributed by atoms with E-state index >= 15 is 0 Å². The van der Waals surface area contributed by atoms with Gasteiger partial charge in [0.25, 0.3) is 5.91 Å². The van der Waals surface area contributed by atoms with E-state index in [9.17, 15) is 4.79 Å². The van der Waals surface area contributed by atoms with Crippen LogP contribution in [0.1, 0.15) is 54.4 Å². The molecule has 22 heavy (non-hydrogen) atoms. The second-order valence-electron chi connectivity index (χ2n) is 5.49. The Labute approximate surface area is 128 Å². The average Bonchev–Trinajstić information content (AvgIpc) is 3.24. The zero-order valence-electron chi connectivity index (χ0n) is 12.6. The molecule has 1 amide bonds. The third kappa shape index (κ3) is 3.33. The Bertz CT molecular complexity index is 603. The maximum Gasteiger partial charge on any atom is 0.287 e. The van der Waals surface area contributed by atoms with Crippen molar-refractivity contribution in [3.8, 4) is 0 Å². The molecule has 0 unspecified atom stereocenters. The zero-order chi connectivity index (χ0) is 15.4. The molecule has 0 aliphatic carbocycles. The van der Waals surface area contributed by atoms with E-state index in [1.54, 1.807) is 6.07 Å². The molecule has 0 spiro atoms. The molecule has 1 saturated heterocycles. The van der Waals surface area contributed by atoms with Crippen molar-refractivity contribution in [1.82, 2.24) is 30.8 Å². The first-order valence-corrected chi connectivity index (χ1v) is 7.58. The summed E-state index contributed by atoms with van der Waals surface area (Å²) in [6.45, 7) is 4.50. The van der Waals surface area contributed by atoms with E-state index in [-0.39, 0.29) is 18.5 Å². The van der Waals surface area contributed by atoms with Crippen LogP contribution < -0.4 is 5.32 Å². The van der Waals surface area contributed by atoms with Gasteiger partial charge >= 0.3 is 0 Å². The van der Waals surface area contributed by atoms with Crippen LogP contribution in [-0.4, -0.2) is 44.5 Å². The molecule has 3 rings (SSSR count). The van der Waals surface area contributed by atoms with Crippen molar-refractivity contribution in [3.63, 3.8) is 0 Å². The SMILES string of the molecule is C[C@@H](c1ccc(C(=O)NCc2nn[nH]n2)o1)N1CCCCC1. The highest BCUT2D eigenvalue weighted by Gasteiger charge is 2.22. The van der Waals surface area contributed by atoms with Crippen LogP contribution in [0.3, 0.4) is 0 Å². The average molecular weight is 304 g/mol. The minimum atomic E-state index is -0.276. The number of likely N-dealkylation sites (tertiary alicyclic amines) is 1. The van der Waals surface area contributed by atoms with E-state index in [1.807, 2.05) is 6.07 Å². The number of hydrogen-bond donors (Lipinski definition) is 2. The summed E-state index contributed by atoms with van der Waals surface area (Å²) in [4.78, 5) is 14.4. The van der Waals surface area contributed by atoms with Crippen LogP contribution in [0.5, 0.6) is 0 Å². The Hall–Kier alpha value is -2.22. The number of nitrogens with one attached hydrogen (secondary N) is 2. The van der Waals surface area contributed by atoms with Crippen LogP contribution in [0.15, 0.2) is 16.5 Å². The Morgan fingerprint density at radius 3 is 2.95 bits per heavy atom. The van der Waals surface area contributed by atoms with Gasteiger partial charge in [0.05, 0.1) is 12.6 Å². The van der Waals surface area contributed by atoms with E-state index in [1.165, 1.54) is 19.3 Å². The summed E-state index contributed by atoms with van der Waals surface area (Å²) < 4.78 is 5.71. The fourth-order valence-electron chi connectivity index (χ4n) is 2.69. The van der Waals surface area contributed by atoms with Crippen molar-refractivity contribution in [3.05, 3.63) is 29.5 Å². The molecule has 3 heterocycles. The molecule has 118 valence electrons. The third-order valence-electron chi connectivity index (χ3n) is 4.00. The van der Waals surface area contributed by atoms with Crippen molar-refractivity contribution < 1.29 is 9.21 Å². The monoisotopic (exact) mass is 304 g/mol. The Kier molecular flexibility index (Phi) is 4.47. The molecule has 2 N–H and O–H groups in total. The number of hydrogen-bond acceptors (Lipinski definition) is 6. The minimum absolute atomic E-state index is 0.194. The Morgan fingerprint density at radius 2 is 2.23 bits per heavy atom. The largest absolute Gasteiger partial charge is 0.454 e. The van der Waals surface area contributed by atoms with Gasteiger partial charge in [0.15, 0.2) is 11.6 Å². The predicted octanol–water partition coefficient (Wildman–Crippen LogP) is 1.27. The molecule has 8 heteroatoms. The lowest BCUT2D eigenvalue weighted by Gasteiger charge is -2.31. The summed E-state index contributed by atoms with van der Waals surface area (Å²) in [6, 6.07) is 3.78. The lowest BCUT2D eigenvalue weighted by molar-refractivity contribution is 0.0913. The fourth-order valence-corrected chi connectivity index (χ4v) is 2.69. The van der Waals surface area contributed by atoms with Crippen molar-refractivity contribution in [2.75, 3.05) is 13.1 Å². The molecular formula is C14H20N6O2. The number of H-pyrrole nitrogens is 1. The minimum Gasteiger partial charge on any atom is -0.454 e. The zero-order valence-corrected chi connectivity index (χ0v) is 12.6. The molecular weight excluding hydrogens is 284 g/mol. The van der Waals surface area contributed by atoms with E-state index < -0.39 is 0 Å². The molecule has 0 aromatic carbocycles. The Morgan fingerprint density at radius 1 is 1.41 bits per heavy atom. The predicted molar refractivity (Wildman–Crippen MR) is 77.9 cm³/mol. The molecule has 0 saturated carbocycles. The molecule has 1 aliphatic heterocycles. The van der Waals surface area contributed by atoms with Gasteiger partial charge in [0.1, 0.15) is 5.76 Å². The highest BCUT2D eigenvalue weighted by Crippen LogP contribution is 2.25. The van der Waals surface area contributed by atoms with E-state index in [4.69, 9.17) is 4.42 Å². The summed E-state index contributed by atoms with van der Waals surface area (Å²) in [5.74, 6) is 1.29. The number of aromatic amines is 1. The standard InChI is InChI=1S/C14H20N6O2/c1-10(20-7-3-2-4-8-20)11-5-6-12(22-11)14(21)15-9-13-16-18-19-17-13/h5-6,10H,2-4,7-9H2,1H3,(H,15,21)(H,16,17,18,19)/t10-/m0/s1. The normalized spacial score (nSPS) is 17.3. The fraction of sp³-hybridized carbons (Fsp3) is 0.571. The second kappa shape index (κ2) is 6.69. The smallest absolute Gasteiger partial charge is 0.287 e. The summed E-state index contributed by atoms with van der Waals surface area (Å²) in [5.41, 5.74) is 0. The van der Waals surface area contributed by atoms with Crippen LogP contribution >= 0.6 is 0 Å². The highest BCUT2D eigenvalue weighted by molar-refractivity contribution is 5.91. The van der Waals surface area contributed by atoms with Crippen LogP contribution in [0.4, 0.5) is 0 Å². The summed E-state index contributed by atoms with van der Waals surface area (Å²) >= 11 is 0. The van der Waals surface area contributed by atoms with Crippen LogP contribution in [0.25, 0.3) is 0 Å². The molecule has 8 nitrogen and oxygen atoms in total. The van der Waals surface area contributed by atoms with Gasteiger partial charge in [0, 0.05) is 0 Å². The molecule has 0 radical (unpaired) electrons. The maximum atomic E-state index is 12.0. The van der Waals surface area contributed by atoms with Gasteiger partial charge in [-0.2, -0.15) is 5.21 Å². The van der Waals surface area contributed by atoms with Crippen molar-refractivity contribution >= 4 is 5.91 Å². The molecule has 2 aromatic heterocycles. The first-order chi connectivity index (χ1) is 10.7. The van der Waals surface area contributed by atoms with Crippen molar-refractivity contribution in [2.45, 2.75) is 38.8 Å². The topological polar surface area (TPSA) is 99.9 Å². The lowest BCUT2D eigenvalue weighted by atomic mass is 10.1. The highest BCUT2D eigenvalue weighted by atomic mass is 16.4. The molecule has 1 fully saturated rings. The number of carbonyl (C=O) groups is 1. The number of carbonyl (C=O) groups excluding carboxylic acids is 1. The van der Waals surface area contributed by atoms with Gasteiger partial charge in [-0.15, -0.1) is 10.2 Å². The van der Waals surface area contributed by atoms with Gasteiger partial charge in [-0.1, -0.05) is 11.6 Å². The van der Waals surface area contributed by atoms with Crippen LogP contribution in [-0.2, 0) is 6.54 Å². The molecule has 1 atom stereocenters. The van der Waals surface area contributed by atoms with E-state index in [2.05, 4.69) is 37.8 Å². The number of nitrogens with zero attached hydrogens (tertiary/aromatic N) is 4. The van der Waals surface area contributed by atoms with Gasteiger partial charge in [0.2, 0.25) is 0 Å². The van der Waals surface area contributed by atoms with Crippen molar-refractivity contribution in [2.24, 2.45) is 0 Å². The number of piperidine rings is 1. The van der Waals surface area contributed by atoms with Gasteiger partial charge in [-0.3, -0.25) is 9.69 Å². The first-order valence-electron chi connectivity index (χ1n) is 7.58. The van der Waals surface area contributed by atoms with E-state index in [0.717, 1.165) is 18.8 Å². The molecule has 2 aromatic rings. The third-order valence-corrected chi connectivity index (χ3v) is 4.00. The van der Waals surface area contributed by atoms with Gasteiger partial charge < -0.3 is 9.73 Å².